The van der Waals surface area contributed by atoms with Crippen LogP contribution in [0.25, 0.3) is 0 Å². The van der Waals surface area contributed by atoms with E-state index < -0.39 is 0 Å². The Morgan fingerprint density at radius 3 is 2.57 bits per heavy atom. The highest BCUT2D eigenvalue weighted by molar-refractivity contribution is 5.95. The number of nitrogen functional groups attached to an aromatic ring is 1. The Kier molecular flexibility index (Phi) is 7.19. The van der Waals surface area contributed by atoms with Gasteiger partial charge >= 0.3 is 0 Å². The molecular formula is C16H27N3O2. The average Bonchev–Trinajstić information content (AvgIpc) is 2.47. The van der Waals surface area contributed by atoms with Gasteiger partial charge in [-0.25, -0.2) is 0 Å². The fourth-order valence-electron chi connectivity index (χ4n) is 2.49. The summed E-state index contributed by atoms with van der Waals surface area (Å²) < 4.78 is 0. The maximum Gasteiger partial charge on any atom is 0.241 e. The molecule has 1 rings (SSSR count). The molecule has 0 spiro atoms. The first-order valence-corrected chi connectivity index (χ1v) is 7.61. The lowest BCUT2D eigenvalue weighted by Crippen LogP contribution is -2.44. The summed E-state index contributed by atoms with van der Waals surface area (Å²) >= 11 is 0. The summed E-state index contributed by atoms with van der Waals surface area (Å²) in [7, 11) is 0. The number of carbonyl (C=O) groups excluding carboxylic acids is 1. The smallest absolute Gasteiger partial charge is 0.241 e. The van der Waals surface area contributed by atoms with Gasteiger partial charge in [0.2, 0.25) is 5.91 Å². The minimum absolute atomic E-state index is 0.0514. The number of benzene rings is 1. The summed E-state index contributed by atoms with van der Waals surface area (Å²) in [5.74, 6) is -0.0588. The van der Waals surface area contributed by atoms with Crippen LogP contribution in [0.1, 0.15) is 32.8 Å². The van der Waals surface area contributed by atoms with Crippen molar-refractivity contribution in [2.45, 2.75) is 39.7 Å². The molecule has 0 heterocycles. The molecule has 1 amide bonds. The molecule has 21 heavy (non-hydrogen) atoms. The van der Waals surface area contributed by atoms with E-state index in [1.807, 2.05) is 37.8 Å². The van der Waals surface area contributed by atoms with E-state index >= 15 is 0 Å². The number of aryl methyl sites for hydroxylation is 1. The third-order valence-electron chi connectivity index (χ3n) is 3.72. The fraction of sp³-hybridized carbons (Fsp3) is 0.562. The Hall–Kier alpha value is -1.59. The molecule has 4 N–H and O–H groups in total. The number of amides is 1. The molecule has 0 saturated heterocycles. The third-order valence-corrected chi connectivity index (χ3v) is 3.72. The first-order chi connectivity index (χ1) is 10.1. The molecular weight excluding hydrogens is 266 g/mol. The predicted octanol–water partition coefficient (Wildman–Crippen LogP) is 1.86. The van der Waals surface area contributed by atoms with Crippen molar-refractivity contribution in [1.29, 1.82) is 0 Å². The number of rotatable bonds is 8. The van der Waals surface area contributed by atoms with Crippen LogP contribution in [0.3, 0.4) is 0 Å². The number of aliphatic hydroxyl groups is 1. The third kappa shape index (κ3) is 4.72. The Bertz CT molecular complexity index is 463. The maximum absolute atomic E-state index is 12.4. The van der Waals surface area contributed by atoms with Crippen LogP contribution in [0.4, 0.5) is 11.4 Å². The monoisotopic (exact) mass is 293 g/mol. The van der Waals surface area contributed by atoms with Crippen LogP contribution >= 0.6 is 0 Å². The van der Waals surface area contributed by atoms with Gasteiger partial charge in [-0.05, 0) is 37.1 Å². The first kappa shape index (κ1) is 17.5. The van der Waals surface area contributed by atoms with E-state index in [2.05, 4.69) is 5.32 Å². The highest BCUT2D eigenvalue weighted by atomic mass is 16.3. The number of nitrogens with two attached hydrogens (primary N) is 1. The molecule has 0 radical (unpaired) electrons. The minimum atomic E-state index is -0.241. The molecule has 0 bridgehead atoms. The molecule has 1 aromatic carbocycles. The second kappa shape index (κ2) is 8.64. The van der Waals surface area contributed by atoms with Gasteiger partial charge in [-0.1, -0.05) is 26.8 Å². The Morgan fingerprint density at radius 2 is 2.10 bits per heavy atom. The number of nitrogens with one attached hydrogen (secondary N) is 1. The Balaban J connectivity index is 2.80. The minimum Gasteiger partial charge on any atom is -0.398 e. The van der Waals surface area contributed by atoms with Gasteiger partial charge < -0.3 is 16.2 Å². The number of likely N-dealkylation sites (N-methyl/N-ethyl adjacent to an activating group) is 1. The zero-order valence-corrected chi connectivity index (χ0v) is 13.2. The number of hydrogen-bond acceptors (Lipinski definition) is 4. The second-order valence-corrected chi connectivity index (χ2v) is 5.03. The highest BCUT2D eigenvalue weighted by Gasteiger charge is 2.22. The van der Waals surface area contributed by atoms with Crippen LogP contribution in [-0.4, -0.2) is 41.7 Å². The van der Waals surface area contributed by atoms with Gasteiger partial charge in [-0.3, -0.25) is 9.69 Å². The number of nitrogens with zero attached hydrogens (tertiary/aromatic N) is 1. The molecule has 0 saturated carbocycles. The molecule has 1 aromatic rings. The van der Waals surface area contributed by atoms with Crippen molar-refractivity contribution in [1.82, 2.24) is 4.90 Å². The van der Waals surface area contributed by atoms with E-state index in [0.29, 0.717) is 24.3 Å². The zero-order chi connectivity index (χ0) is 15.8. The molecule has 0 aliphatic carbocycles. The summed E-state index contributed by atoms with van der Waals surface area (Å²) in [5.41, 5.74) is 8.45. The van der Waals surface area contributed by atoms with Crippen LogP contribution in [-0.2, 0) is 11.2 Å². The SMILES string of the molecule is CCc1ccc(NC(=O)C(CC)N(CC)CCO)cc1N. The van der Waals surface area contributed by atoms with E-state index in [1.54, 1.807) is 6.07 Å². The van der Waals surface area contributed by atoms with E-state index in [4.69, 9.17) is 10.8 Å². The van der Waals surface area contributed by atoms with Gasteiger partial charge in [0.15, 0.2) is 0 Å². The predicted molar refractivity (Wildman–Crippen MR) is 87.3 cm³/mol. The van der Waals surface area contributed by atoms with Gasteiger partial charge in [0, 0.05) is 17.9 Å². The van der Waals surface area contributed by atoms with Gasteiger partial charge in [0.1, 0.15) is 0 Å². The van der Waals surface area contributed by atoms with Gasteiger partial charge in [0.05, 0.1) is 12.6 Å². The van der Waals surface area contributed by atoms with Crippen molar-refractivity contribution in [2.75, 3.05) is 30.7 Å². The molecule has 5 heteroatoms. The lowest BCUT2D eigenvalue weighted by Gasteiger charge is -2.28. The summed E-state index contributed by atoms with van der Waals surface area (Å²) in [5, 5.41) is 12.0. The summed E-state index contributed by atoms with van der Waals surface area (Å²) in [6.07, 6.45) is 1.57. The van der Waals surface area contributed by atoms with Crippen molar-refractivity contribution in [3.63, 3.8) is 0 Å². The fourth-order valence-corrected chi connectivity index (χ4v) is 2.49. The number of hydrogen-bond donors (Lipinski definition) is 3. The van der Waals surface area contributed by atoms with E-state index in [0.717, 1.165) is 18.5 Å². The van der Waals surface area contributed by atoms with Gasteiger partial charge in [-0.2, -0.15) is 0 Å². The quantitative estimate of drug-likeness (QED) is 0.639. The largest absolute Gasteiger partial charge is 0.398 e. The molecule has 0 aliphatic rings. The first-order valence-electron chi connectivity index (χ1n) is 7.61. The standard InChI is InChI=1S/C16H27N3O2/c1-4-12-7-8-13(11-14(12)17)18-16(21)15(5-2)19(6-3)9-10-20/h7-8,11,15,20H,4-6,9-10,17H2,1-3H3,(H,18,21). The lowest BCUT2D eigenvalue weighted by atomic mass is 10.1. The molecule has 1 atom stereocenters. The molecule has 118 valence electrons. The van der Waals surface area contributed by atoms with Crippen LogP contribution in [0.15, 0.2) is 18.2 Å². The number of carbonyl (C=O) groups is 1. The van der Waals surface area contributed by atoms with E-state index in [9.17, 15) is 4.79 Å². The average molecular weight is 293 g/mol. The summed E-state index contributed by atoms with van der Waals surface area (Å²) in [6.45, 7) is 7.28. The van der Waals surface area contributed by atoms with Crippen LogP contribution < -0.4 is 11.1 Å². The van der Waals surface area contributed by atoms with Crippen molar-refractivity contribution >= 4 is 17.3 Å². The van der Waals surface area contributed by atoms with Crippen LogP contribution in [0.5, 0.6) is 0 Å². The van der Waals surface area contributed by atoms with Crippen molar-refractivity contribution in [3.05, 3.63) is 23.8 Å². The normalized spacial score (nSPS) is 12.4. The Morgan fingerprint density at radius 1 is 1.38 bits per heavy atom. The number of anilines is 2. The topological polar surface area (TPSA) is 78.6 Å². The van der Waals surface area contributed by atoms with Crippen molar-refractivity contribution < 1.29 is 9.90 Å². The molecule has 0 aromatic heterocycles. The van der Waals surface area contributed by atoms with Gasteiger partial charge in [0.25, 0.3) is 0 Å². The summed E-state index contributed by atoms with van der Waals surface area (Å²) in [4.78, 5) is 14.4. The summed E-state index contributed by atoms with van der Waals surface area (Å²) in [6, 6.07) is 5.37. The van der Waals surface area contributed by atoms with Crippen molar-refractivity contribution in [3.8, 4) is 0 Å². The number of aliphatic hydroxyl groups excluding tert-OH is 1. The lowest BCUT2D eigenvalue weighted by molar-refractivity contribution is -0.121. The van der Waals surface area contributed by atoms with E-state index in [-0.39, 0.29) is 18.6 Å². The molecule has 1 unspecified atom stereocenters. The Labute approximate surface area is 127 Å². The zero-order valence-electron chi connectivity index (χ0n) is 13.2. The highest BCUT2D eigenvalue weighted by Crippen LogP contribution is 2.19. The molecule has 5 nitrogen and oxygen atoms in total. The molecule has 0 aliphatic heterocycles. The van der Waals surface area contributed by atoms with Crippen molar-refractivity contribution in [2.24, 2.45) is 0 Å². The van der Waals surface area contributed by atoms with Gasteiger partial charge in [-0.15, -0.1) is 0 Å². The van der Waals surface area contributed by atoms with Crippen LogP contribution in [0, 0.1) is 0 Å². The molecule has 0 fully saturated rings. The second-order valence-electron chi connectivity index (χ2n) is 5.03. The van der Waals surface area contributed by atoms with E-state index in [1.165, 1.54) is 0 Å². The van der Waals surface area contributed by atoms with Crippen LogP contribution in [0.2, 0.25) is 0 Å². The maximum atomic E-state index is 12.4.